The van der Waals surface area contributed by atoms with Crippen LogP contribution in [0.15, 0.2) is 48.0 Å². The first-order chi connectivity index (χ1) is 8.71. The highest BCUT2D eigenvalue weighted by atomic mass is 35.5. The molecule has 3 nitrogen and oxygen atoms in total. The van der Waals surface area contributed by atoms with Crippen LogP contribution in [-0.2, 0) is 4.74 Å². The fraction of sp³-hybridized carbons (Fsp3) is 0.333. The highest BCUT2D eigenvalue weighted by Crippen LogP contribution is 2.33. The largest absolute Gasteiger partial charge is 0.458 e. The maximum atomic E-state index is 9.62. The summed E-state index contributed by atoms with van der Waals surface area (Å²) >= 11 is 23.2. The summed E-state index contributed by atoms with van der Waals surface area (Å²) < 4.78 is 5.50. The van der Waals surface area contributed by atoms with Crippen molar-refractivity contribution >= 4 is 46.4 Å². The van der Waals surface area contributed by atoms with Crippen LogP contribution in [0.5, 0.6) is 0 Å². The lowest BCUT2D eigenvalue weighted by atomic mass is 10.1. The first-order valence-corrected chi connectivity index (χ1v) is 6.94. The van der Waals surface area contributed by atoms with Crippen LogP contribution in [0.1, 0.15) is 0 Å². The average Bonchev–Trinajstić information content (AvgIpc) is 2.30. The van der Waals surface area contributed by atoms with Crippen molar-refractivity contribution in [1.29, 1.82) is 0 Å². The Kier molecular flexibility index (Phi) is 4.26. The lowest BCUT2D eigenvalue weighted by molar-refractivity contribution is 0.176. The molecule has 0 heterocycles. The molecule has 2 aliphatic carbocycles. The first-order valence-electron chi connectivity index (χ1n) is 5.31. The summed E-state index contributed by atoms with van der Waals surface area (Å²) in [6.45, 7) is 0. The van der Waals surface area contributed by atoms with Gasteiger partial charge in [-0.3, -0.25) is 0 Å². The van der Waals surface area contributed by atoms with E-state index in [4.69, 9.17) is 51.1 Å². The van der Waals surface area contributed by atoms with E-state index in [0.717, 1.165) is 0 Å². The van der Waals surface area contributed by atoms with E-state index in [-0.39, 0.29) is 0 Å². The second-order valence-electron chi connectivity index (χ2n) is 4.17. The molecule has 0 bridgehead atoms. The van der Waals surface area contributed by atoms with Crippen LogP contribution in [0.2, 0.25) is 0 Å². The van der Waals surface area contributed by atoms with Gasteiger partial charge in [0.15, 0.2) is 10.1 Å². The van der Waals surface area contributed by atoms with Gasteiger partial charge in [0, 0.05) is 0 Å². The molecule has 2 N–H and O–H groups in total. The zero-order chi connectivity index (χ0) is 14.3. The maximum absolute atomic E-state index is 9.62. The van der Waals surface area contributed by atoms with Gasteiger partial charge in [0.2, 0.25) is 0 Å². The number of hydrogen-bond acceptors (Lipinski definition) is 3. The Morgan fingerprint density at radius 3 is 1.58 bits per heavy atom. The molecule has 7 heteroatoms. The third kappa shape index (κ3) is 3.48. The molecule has 0 aromatic heterocycles. The SMILES string of the molecule is OC1(Cl)C=CC(OC2=CC(Cl)C(O)(Cl)C=C2)=CC1Cl. The Morgan fingerprint density at radius 1 is 0.895 bits per heavy atom. The highest BCUT2D eigenvalue weighted by molar-refractivity contribution is 6.34. The summed E-state index contributed by atoms with van der Waals surface area (Å²) in [5.41, 5.74) is 0. The smallest absolute Gasteiger partial charge is 0.177 e. The number of halogens is 4. The predicted octanol–water partition coefficient (Wildman–Crippen LogP) is 2.98. The van der Waals surface area contributed by atoms with Gasteiger partial charge in [-0.25, -0.2) is 0 Å². The minimum Gasteiger partial charge on any atom is -0.458 e. The first kappa shape index (κ1) is 15.2. The van der Waals surface area contributed by atoms with Crippen LogP contribution in [0.4, 0.5) is 0 Å². The van der Waals surface area contributed by atoms with Crippen LogP contribution < -0.4 is 0 Å². The lowest BCUT2D eigenvalue weighted by Crippen LogP contribution is -2.32. The van der Waals surface area contributed by atoms with Gasteiger partial charge in [-0.1, -0.05) is 23.2 Å². The topological polar surface area (TPSA) is 49.7 Å². The van der Waals surface area contributed by atoms with E-state index in [9.17, 15) is 10.2 Å². The maximum Gasteiger partial charge on any atom is 0.177 e. The molecule has 4 atom stereocenters. The second-order valence-corrected chi connectivity index (χ2v) is 6.32. The van der Waals surface area contributed by atoms with Crippen LogP contribution in [-0.4, -0.2) is 31.1 Å². The van der Waals surface area contributed by atoms with Gasteiger partial charge in [-0.15, -0.1) is 23.2 Å². The van der Waals surface area contributed by atoms with Crippen molar-refractivity contribution in [3.05, 3.63) is 48.0 Å². The monoisotopic (exact) mass is 342 g/mol. The van der Waals surface area contributed by atoms with Gasteiger partial charge in [0.1, 0.15) is 22.3 Å². The van der Waals surface area contributed by atoms with Crippen LogP contribution >= 0.6 is 46.4 Å². The molecule has 0 fully saturated rings. The van der Waals surface area contributed by atoms with E-state index in [1.807, 2.05) is 0 Å². The molecular formula is C12H10Cl4O3. The molecule has 2 rings (SSSR count). The molecule has 0 aromatic rings. The third-order valence-electron chi connectivity index (χ3n) is 2.59. The van der Waals surface area contributed by atoms with Crippen molar-refractivity contribution < 1.29 is 14.9 Å². The van der Waals surface area contributed by atoms with Crippen molar-refractivity contribution in [1.82, 2.24) is 0 Å². The van der Waals surface area contributed by atoms with E-state index >= 15 is 0 Å². The molecular weight excluding hydrogens is 334 g/mol. The number of rotatable bonds is 2. The minimum atomic E-state index is -1.63. The van der Waals surface area contributed by atoms with Crippen molar-refractivity contribution in [3.63, 3.8) is 0 Å². The molecule has 0 saturated heterocycles. The van der Waals surface area contributed by atoms with Gasteiger partial charge in [0.25, 0.3) is 0 Å². The number of alkyl halides is 4. The fourth-order valence-corrected chi connectivity index (χ4v) is 2.13. The Hall–Kier alpha value is -0.160. The Morgan fingerprint density at radius 2 is 1.26 bits per heavy atom. The number of allylic oxidation sites excluding steroid dienone is 2. The Labute approximate surface area is 130 Å². The van der Waals surface area contributed by atoms with Crippen LogP contribution in [0.25, 0.3) is 0 Å². The summed E-state index contributed by atoms with van der Waals surface area (Å²) in [5.74, 6) is 0.815. The summed E-state index contributed by atoms with van der Waals surface area (Å²) in [6, 6.07) is 0. The third-order valence-corrected chi connectivity index (χ3v) is 4.46. The van der Waals surface area contributed by atoms with E-state index in [0.29, 0.717) is 11.5 Å². The molecule has 0 aliphatic heterocycles. The van der Waals surface area contributed by atoms with Crippen molar-refractivity contribution in [2.75, 3.05) is 0 Å². The van der Waals surface area contributed by atoms with Gasteiger partial charge in [-0.2, -0.15) is 0 Å². The summed E-state index contributed by atoms with van der Waals surface area (Å²) in [6.07, 6.45) is 8.56. The Bertz CT molecular complexity index is 447. The molecule has 104 valence electrons. The second kappa shape index (κ2) is 5.32. The standard InChI is InChI=1S/C12H10Cl4O3/c13-9-5-7(1-3-11(9,15)17)19-8-2-4-12(16,18)10(14)6-8/h1-6,9-10,17-18H. The van der Waals surface area contributed by atoms with Crippen LogP contribution in [0, 0.1) is 0 Å². The normalized spacial score (nSPS) is 41.8. The molecule has 0 saturated carbocycles. The van der Waals surface area contributed by atoms with E-state index in [1.165, 1.54) is 36.5 Å². The highest BCUT2D eigenvalue weighted by Gasteiger charge is 2.34. The van der Waals surface area contributed by atoms with Gasteiger partial charge in [-0.05, 0) is 36.5 Å². The lowest BCUT2D eigenvalue weighted by Gasteiger charge is -2.27. The number of ether oxygens (including phenoxy) is 1. The van der Waals surface area contributed by atoms with Crippen molar-refractivity contribution in [2.45, 2.75) is 20.9 Å². The van der Waals surface area contributed by atoms with Crippen LogP contribution in [0.3, 0.4) is 0 Å². The van der Waals surface area contributed by atoms with Gasteiger partial charge >= 0.3 is 0 Å². The zero-order valence-corrected chi connectivity index (χ0v) is 12.5. The predicted molar refractivity (Wildman–Crippen MR) is 76.4 cm³/mol. The molecule has 19 heavy (non-hydrogen) atoms. The van der Waals surface area contributed by atoms with E-state index < -0.39 is 20.9 Å². The fourth-order valence-electron chi connectivity index (χ4n) is 1.49. The Balaban J connectivity index is 2.09. The zero-order valence-electron chi connectivity index (χ0n) is 9.43. The van der Waals surface area contributed by atoms with Crippen molar-refractivity contribution in [2.24, 2.45) is 0 Å². The molecule has 0 spiro atoms. The van der Waals surface area contributed by atoms with Crippen molar-refractivity contribution in [3.8, 4) is 0 Å². The molecule has 0 amide bonds. The van der Waals surface area contributed by atoms with E-state index in [1.54, 1.807) is 0 Å². The molecule has 0 radical (unpaired) electrons. The number of hydrogen-bond donors (Lipinski definition) is 2. The van der Waals surface area contributed by atoms with E-state index in [2.05, 4.69) is 0 Å². The molecule has 4 unspecified atom stereocenters. The summed E-state index contributed by atoms with van der Waals surface area (Å²) in [4.78, 5) is 0. The summed E-state index contributed by atoms with van der Waals surface area (Å²) in [5, 5.41) is 14.3. The number of aliphatic hydroxyl groups is 2. The quantitative estimate of drug-likeness (QED) is 0.758. The summed E-state index contributed by atoms with van der Waals surface area (Å²) in [7, 11) is 0. The van der Waals surface area contributed by atoms with Gasteiger partial charge < -0.3 is 14.9 Å². The van der Waals surface area contributed by atoms with Gasteiger partial charge in [0.05, 0.1) is 0 Å². The minimum absolute atomic E-state index is 0.408. The molecule has 0 aromatic carbocycles. The molecule has 2 aliphatic rings. The average molecular weight is 344 g/mol.